The van der Waals surface area contributed by atoms with Gasteiger partial charge in [0.25, 0.3) is 0 Å². The van der Waals surface area contributed by atoms with Crippen LogP contribution in [0.4, 0.5) is 0 Å². The van der Waals surface area contributed by atoms with Crippen molar-refractivity contribution in [2.45, 2.75) is 19.6 Å². The van der Waals surface area contributed by atoms with Crippen LogP contribution >= 0.6 is 0 Å². The lowest BCUT2D eigenvalue weighted by atomic mass is 10.0. The fraction of sp³-hybridized carbons (Fsp3) is 0.217. The first kappa shape index (κ1) is 17.6. The fourth-order valence-corrected chi connectivity index (χ4v) is 3.83. The van der Waals surface area contributed by atoms with E-state index in [1.807, 2.05) is 44.2 Å². The van der Waals surface area contributed by atoms with Crippen molar-refractivity contribution in [2.24, 2.45) is 0 Å². The molecule has 5 rings (SSSR count). The monoisotopic (exact) mass is 392 g/mol. The van der Waals surface area contributed by atoms with E-state index in [-0.39, 0.29) is 5.75 Å². The molecule has 0 fully saturated rings. The number of fused-ring (bicyclic) bond motifs is 4. The number of aromatic hydroxyl groups is 1. The van der Waals surface area contributed by atoms with Gasteiger partial charge in [-0.15, -0.1) is 0 Å². The number of phenolic OH excluding ortho intramolecular Hbond substituents is 1. The molecule has 6 heteroatoms. The van der Waals surface area contributed by atoms with Crippen LogP contribution < -0.4 is 18.9 Å². The highest BCUT2D eigenvalue weighted by molar-refractivity contribution is 6.13. The number of ether oxygens (including phenoxy) is 4. The lowest BCUT2D eigenvalue weighted by molar-refractivity contribution is -0.0431. The Kier molecular flexibility index (Phi) is 3.62. The van der Waals surface area contributed by atoms with Crippen molar-refractivity contribution >= 4 is 21.9 Å². The molecule has 0 amide bonds. The van der Waals surface area contributed by atoms with E-state index in [2.05, 4.69) is 0 Å². The minimum absolute atomic E-state index is 0.196. The van der Waals surface area contributed by atoms with Crippen LogP contribution in [0.25, 0.3) is 33.1 Å². The van der Waals surface area contributed by atoms with Gasteiger partial charge < -0.3 is 28.5 Å². The standard InChI is InChI=1S/C23H20O6/c1-23(2)28-17-10-15-16(11-18(17)29-23)27-22-20(15)19(25-3)9-14(21(22)26-4)12-5-7-13(24)8-6-12/h5-11,24H,1-4H3. The molecule has 1 aliphatic heterocycles. The topological polar surface area (TPSA) is 70.3 Å². The molecule has 0 spiro atoms. The quantitative estimate of drug-likeness (QED) is 0.498. The van der Waals surface area contributed by atoms with E-state index in [0.717, 1.165) is 21.9 Å². The van der Waals surface area contributed by atoms with Crippen molar-refractivity contribution in [2.75, 3.05) is 14.2 Å². The Morgan fingerprint density at radius 2 is 1.59 bits per heavy atom. The Morgan fingerprint density at radius 3 is 2.24 bits per heavy atom. The smallest absolute Gasteiger partial charge is 0.246 e. The summed E-state index contributed by atoms with van der Waals surface area (Å²) in [6.07, 6.45) is 0. The highest BCUT2D eigenvalue weighted by atomic mass is 16.7. The molecule has 0 unspecified atom stereocenters. The number of hydrogen-bond donors (Lipinski definition) is 1. The zero-order valence-electron chi connectivity index (χ0n) is 16.5. The van der Waals surface area contributed by atoms with Crippen molar-refractivity contribution in [3.05, 3.63) is 42.5 Å². The van der Waals surface area contributed by atoms with Crippen LogP contribution in [0.1, 0.15) is 13.8 Å². The summed E-state index contributed by atoms with van der Waals surface area (Å²) < 4.78 is 29.4. The lowest BCUT2D eigenvalue weighted by Gasteiger charge is -2.16. The Balaban J connectivity index is 1.81. The predicted octanol–water partition coefficient (Wildman–Crippen LogP) is 5.48. The van der Waals surface area contributed by atoms with Crippen LogP contribution in [0.5, 0.6) is 28.7 Å². The minimum atomic E-state index is -0.718. The number of furan rings is 1. The molecule has 0 aliphatic carbocycles. The largest absolute Gasteiger partial charge is 0.508 e. The Bertz CT molecular complexity index is 1250. The van der Waals surface area contributed by atoms with Gasteiger partial charge in [0.15, 0.2) is 22.8 Å². The maximum atomic E-state index is 9.62. The number of benzene rings is 3. The van der Waals surface area contributed by atoms with Crippen molar-refractivity contribution < 1.29 is 28.5 Å². The molecule has 0 atom stereocenters. The maximum Gasteiger partial charge on any atom is 0.246 e. The summed E-state index contributed by atoms with van der Waals surface area (Å²) in [5, 5.41) is 11.3. The lowest BCUT2D eigenvalue weighted by Crippen LogP contribution is -2.29. The molecule has 1 aromatic heterocycles. The van der Waals surface area contributed by atoms with Crippen LogP contribution in [0, 0.1) is 0 Å². The number of phenols is 1. The molecule has 1 N–H and O–H groups in total. The molecule has 4 aromatic rings. The predicted molar refractivity (Wildman–Crippen MR) is 109 cm³/mol. The van der Waals surface area contributed by atoms with Gasteiger partial charge in [0.2, 0.25) is 5.79 Å². The first-order valence-corrected chi connectivity index (χ1v) is 9.23. The molecule has 2 heterocycles. The summed E-state index contributed by atoms with van der Waals surface area (Å²) in [7, 11) is 3.23. The molecule has 3 aromatic carbocycles. The van der Waals surface area contributed by atoms with Crippen LogP contribution in [0.2, 0.25) is 0 Å². The number of rotatable bonds is 3. The van der Waals surface area contributed by atoms with Gasteiger partial charge in [-0.3, -0.25) is 0 Å². The molecule has 29 heavy (non-hydrogen) atoms. The Morgan fingerprint density at radius 1 is 0.897 bits per heavy atom. The van der Waals surface area contributed by atoms with Gasteiger partial charge in [-0.05, 0) is 29.8 Å². The van der Waals surface area contributed by atoms with Crippen LogP contribution in [-0.4, -0.2) is 25.1 Å². The van der Waals surface area contributed by atoms with E-state index in [4.69, 9.17) is 23.4 Å². The second-order valence-electron chi connectivity index (χ2n) is 7.41. The van der Waals surface area contributed by atoms with E-state index in [1.165, 1.54) is 0 Å². The van der Waals surface area contributed by atoms with E-state index >= 15 is 0 Å². The van der Waals surface area contributed by atoms with Gasteiger partial charge >= 0.3 is 0 Å². The first-order chi connectivity index (χ1) is 13.9. The van der Waals surface area contributed by atoms with Crippen molar-refractivity contribution in [3.8, 4) is 39.9 Å². The van der Waals surface area contributed by atoms with Gasteiger partial charge in [0.1, 0.15) is 17.1 Å². The zero-order valence-corrected chi connectivity index (χ0v) is 16.5. The molecule has 0 saturated heterocycles. The van der Waals surface area contributed by atoms with Crippen LogP contribution in [0.3, 0.4) is 0 Å². The Labute approximate surface area is 167 Å². The van der Waals surface area contributed by atoms with Gasteiger partial charge in [-0.2, -0.15) is 0 Å². The first-order valence-electron chi connectivity index (χ1n) is 9.23. The zero-order chi connectivity index (χ0) is 20.3. The highest BCUT2D eigenvalue weighted by Crippen LogP contribution is 2.50. The molecular weight excluding hydrogens is 372 g/mol. The van der Waals surface area contributed by atoms with E-state index in [0.29, 0.717) is 34.2 Å². The molecule has 6 nitrogen and oxygen atoms in total. The van der Waals surface area contributed by atoms with E-state index in [1.54, 1.807) is 26.4 Å². The molecule has 1 aliphatic rings. The van der Waals surface area contributed by atoms with Gasteiger partial charge in [-0.25, -0.2) is 0 Å². The van der Waals surface area contributed by atoms with Crippen LogP contribution in [0.15, 0.2) is 46.9 Å². The molecular formula is C23H20O6. The molecule has 0 radical (unpaired) electrons. The van der Waals surface area contributed by atoms with Crippen LogP contribution in [-0.2, 0) is 0 Å². The summed E-state index contributed by atoms with van der Waals surface area (Å²) in [4.78, 5) is 0. The van der Waals surface area contributed by atoms with Crippen molar-refractivity contribution in [1.29, 1.82) is 0 Å². The highest BCUT2D eigenvalue weighted by Gasteiger charge is 2.33. The summed E-state index contributed by atoms with van der Waals surface area (Å²) in [6, 6.07) is 12.6. The minimum Gasteiger partial charge on any atom is -0.508 e. The van der Waals surface area contributed by atoms with Gasteiger partial charge in [-0.1, -0.05) is 12.1 Å². The molecule has 0 saturated carbocycles. The van der Waals surface area contributed by atoms with Crippen molar-refractivity contribution in [3.63, 3.8) is 0 Å². The number of methoxy groups -OCH3 is 2. The average Bonchev–Trinajstić information content (AvgIpc) is 3.20. The van der Waals surface area contributed by atoms with E-state index in [9.17, 15) is 5.11 Å². The summed E-state index contributed by atoms with van der Waals surface area (Å²) in [5.41, 5.74) is 2.90. The third kappa shape index (κ3) is 2.63. The average molecular weight is 392 g/mol. The van der Waals surface area contributed by atoms with Gasteiger partial charge in [0.05, 0.1) is 19.6 Å². The second-order valence-corrected chi connectivity index (χ2v) is 7.41. The summed E-state index contributed by atoms with van der Waals surface area (Å²) >= 11 is 0. The summed E-state index contributed by atoms with van der Waals surface area (Å²) in [6.45, 7) is 3.72. The fourth-order valence-electron chi connectivity index (χ4n) is 3.83. The third-order valence-corrected chi connectivity index (χ3v) is 5.04. The third-order valence-electron chi connectivity index (χ3n) is 5.04. The number of hydrogen-bond acceptors (Lipinski definition) is 6. The van der Waals surface area contributed by atoms with Gasteiger partial charge in [0, 0.05) is 30.9 Å². The molecule has 148 valence electrons. The SMILES string of the molecule is COc1c(-c2ccc(O)cc2)cc(OC)c2c1oc1cc3c(cc12)OC(C)(C)O3. The van der Waals surface area contributed by atoms with Crippen molar-refractivity contribution in [1.82, 2.24) is 0 Å². The molecule has 0 bridgehead atoms. The maximum absolute atomic E-state index is 9.62. The normalized spacial score (nSPS) is 14.5. The second kappa shape index (κ2) is 5.98. The Hall–Kier alpha value is -3.54. The van der Waals surface area contributed by atoms with E-state index < -0.39 is 5.79 Å². The summed E-state index contributed by atoms with van der Waals surface area (Å²) in [5.74, 6) is 2.02.